The van der Waals surface area contributed by atoms with Crippen molar-refractivity contribution in [2.45, 2.75) is 117 Å². The second-order valence-electron chi connectivity index (χ2n) is 18.0. The maximum Gasteiger partial charge on any atom is 0.329 e. The number of likely N-dealkylation sites (tertiary alicyclic amines) is 1. The molecule has 0 bridgehead atoms. The number of piperidine rings is 1. The molecule has 56 heavy (non-hydrogen) atoms. The number of carbonyl (C=O) groups is 2. The highest BCUT2D eigenvalue weighted by Crippen LogP contribution is 2.40. The van der Waals surface area contributed by atoms with E-state index in [4.69, 9.17) is 28.8 Å². The number of hydrogen-bond acceptors (Lipinski definition) is 10. The van der Waals surface area contributed by atoms with Crippen LogP contribution in [0.1, 0.15) is 98.9 Å². The molecule has 5 aromatic rings. The molecule has 5 heterocycles. The minimum atomic E-state index is -0.687. The van der Waals surface area contributed by atoms with Gasteiger partial charge in [0.25, 0.3) is 6.01 Å². The average Bonchev–Trinajstić information content (AvgIpc) is 3.83. The van der Waals surface area contributed by atoms with Gasteiger partial charge in [-0.1, -0.05) is 58.4 Å². The number of ether oxygens (including phenoxy) is 2. The Kier molecular flexibility index (Phi) is 11.3. The third-order valence-corrected chi connectivity index (χ3v) is 10.9. The van der Waals surface area contributed by atoms with E-state index in [9.17, 15) is 9.59 Å². The van der Waals surface area contributed by atoms with Crippen LogP contribution < -0.4 is 15.0 Å². The number of benzene rings is 2. The number of nitrogens with one attached hydrogen (secondary N) is 1. The molecule has 1 amide bonds. The summed E-state index contributed by atoms with van der Waals surface area (Å²) in [7, 11) is 1.97. The number of imidazole rings is 1. The summed E-state index contributed by atoms with van der Waals surface area (Å²) < 4.78 is 21.7. The zero-order chi connectivity index (χ0) is 39.8. The summed E-state index contributed by atoms with van der Waals surface area (Å²) in [5.41, 5.74) is 3.10. The van der Waals surface area contributed by atoms with Gasteiger partial charge in [0.05, 0.1) is 17.6 Å². The van der Waals surface area contributed by atoms with Crippen molar-refractivity contribution in [3.05, 3.63) is 54.4 Å². The van der Waals surface area contributed by atoms with Gasteiger partial charge in [-0.15, -0.1) is 0 Å². The number of aromatic nitrogens is 4. The van der Waals surface area contributed by atoms with Crippen LogP contribution in [0, 0.1) is 11.3 Å². The highest BCUT2D eigenvalue weighted by atomic mass is 16.6. The molecule has 1 N–H and O–H groups in total. The highest BCUT2D eigenvalue weighted by molar-refractivity contribution is 6.06. The summed E-state index contributed by atoms with van der Waals surface area (Å²) in [6, 6.07) is 15.9. The second kappa shape index (κ2) is 16.0. The number of unbranched alkanes of at least 4 members (excludes halogenated alkanes) is 2. The number of para-hydroxylation sites is 3. The summed E-state index contributed by atoms with van der Waals surface area (Å²) in [5, 5.41) is 4.14. The van der Waals surface area contributed by atoms with E-state index in [0.29, 0.717) is 56.3 Å². The van der Waals surface area contributed by atoms with Gasteiger partial charge in [-0.25, -0.2) is 14.8 Å². The van der Waals surface area contributed by atoms with E-state index in [1.807, 2.05) is 80.1 Å². The number of aryl methyl sites for hydroxylation is 1. The zero-order valence-corrected chi connectivity index (χ0v) is 34.4. The van der Waals surface area contributed by atoms with E-state index in [-0.39, 0.29) is 29.3 Å². The minimum Gasteiger partial charge on any atom is -0.459 e. The maximum absolute atomic E-state index is 14.1. The van der Waals surface area contributed by atoms with E-state index in [0.717, 1.165) is 65.6 Å². The summed E-state index contributed by atoms with van der Waals surface area (Å²) in [6.45, 7) is 16.9. The van der Waals surface area contributed by atoms with Crippen molar-refractivity contribution in [1.82, 2.24) is 29.7 Å². The Morgan fingerprint density at radius 1 is 0.946 bits per heavy atom. The summed E-state index contributed by atoms with van der Waals surface area (Å²) >= 11 is 0. The van der Waals surface area contributed by atoms with Crippen LogP contribution in [0.25, 0.3) is 33.1 Å². The number of hydrogen-bond donors (Lipinski definition) is 1. The van der Waals surface area contributed by atoms with E-state index >= 15 is 0 Å². The van der Waals surface area contributed by atoms with Crippen molar-refractivity contribution >= 4 is 50.8 Å². The van der Waals surface area contributed by atoms with Crippen molar-refractivity contribution in [3.8, 4) is 6.01 Å². The van der Waals surface area contributed by atoms with Crippen molar-refractivity contribution in [3.63, 3.8) is 0 Å². The molecule has 2 aliphatic rings. The summed E-state index contributed by atoms with van der Waals surface area (Å²) in [5.74, 6) is 1.33. The Morgan fingerprint density at radius 3 is 2.46 bits per heavy atom. The van der Waals surface area contributed by atoms with Gasteiger partial charge in [0.15, 0.2) is 11.4 Å². The van der Waals surface area contributed by atoms with Gasteiger partial charge in [0.2, 0.25) is 5.91 Å². The fourth-order valence-electron chi connectivity index (χ4n) is 8.28. The molecule has 0 spiro atoms. The SMILES string of the molecule is CNCCCCCc1nc(N2C[C@@H](Oc3nc4ccccc4n3C3CCN(C(=O)CC(C)(C)C)C[C@@H]3C)C[C@H]2C(=O)OC(C)(C)C)c2oc3ccccc3c2n1. The van der Waals surface area contributed by atoms with Crippen LogP contribution in [0.4, 0.5) is 5.82 Å². The summed E-state index contributed by atoms with van der Waals surface area (Å²) in [4.78, 5) is 46.6. The van der Waals surface area contributed by atoms with E-state index in [1.54, 1.807) is 0 Å². The number of rotatable bonds is 12. The lowest BCUT2D eigenvalue weighted by Gasteiger charge is -2.39. The van der Waals surface area contributed by atoms with Gasteiger partial charge in [-0.3, -0.25) is 9.36 Å². The number of anilines is 1. The van der Waals surface area contributed by atoms with Crippen molar-refractivity contribution in [2.24, 2.45) is 11.3 Å². The molecule has 0 aliphatic carbocycles. The van der Waals surface area contributed by atoms with Crippen LogP contribution in [0.2, 0.25) is 0 Å². The highest BCUT2D eigenvalue weighted by Gasteiger charge is 2.44. The molecule has 4 atom stereocenters. The molecule has 2 aliphatic heterocycles. The zero-order valence-electron chi connectivity index (χ0n) is 34.4. The topological polar surface area (TPSA) is 128 Å². The lowest BCUT2D eigenvalue weighted by Crippen LogP contribution is -2.44. The van der Waals surface area contributed by atoms with Gasteiger partial charge in [-0.2, -0.15) is 4.98 Å². The van der Waals surface area contributed by atoms with Gasteiger partial charge in [-0.05, 0) is 89.2 Å². The molecule has 2 fully saturated rings. The van der Waals surface area contributed by atoms with Crippen LogP contribution in [0.15, 0.2) is 52.9 Å². The standard InChI is InChI=1S/C44H59N7O5/c1-28-26-49(37(52)25-43(2,3)4)23-21-32(28)51-33-18-13-12-17-31(33)46-42(51)54-29-24-34(41(53)56-44(5,6)7)50(27-29)40-39-38(30-16-11-14-19-35(30)55-39)47-36(48-40)20-10-9-15-22-45-8/h11-14,16-19,28-29,32,34,45H,9-10,15,20-27H2,1-8H3/t28-,29-,32?,34-/m0/s1. The minimum absolute atomic E-state index is 0.0687. The fourth-order valence-corrected chi connectivity index (χ4v) is 8.28. The molecule has 12 heteroatoms. The molecular formula is C44H59N7O5. The first-order chi connectivity index (χ1) is 26.7. The Balaban J connectivity index is 1.22. The average molecular weight is 766 g/mol. The monoisotopic (exact) mass is 765 g/mol. The quantitative estimate of drug-likeness (QED) is 0.0990. The first kappa shape index (κ1) is 39.5. The van der Waals surface area contributed by atoms with Gasteiger partial charge in [0.1, 0.15) is 34.7 Å². The lowest BCUT2D eigenvalue weighted by molar-refractivity contribution is -0.156. The van der Waals surface area contributed by atoms with Crippen molar-refractivity contribution in [2.75, 3.05) is 38.1 Å². The molecule has 7 rings (SSSR count). The fraction of sp³-hybridized carbons (Fsp3) is 0.568. The smallest absolute Gasteiger partial charge is 0.329 e. The lowest BCUT2D eigenvalue weighted by atomic mass is 9.89. The molecule has 3 aromatic heterocycles. The Labute approximate surface area is 330 Å². The van der Waals surface area contributed by atoms with Gasteiger partial charge < -0.3 is 29.0 Å². The first-order valence-electron chi connectivity index (χ1n) is 20.4. The second-order valence-corrected chi connectivity index (χ2v) is 18.0. The van der Waals surface area contributed by atoms with E-state index in [2.05, 4.69) is 43.6 Å². The Hall–Kier alpha value is -4.71. The summed E-state index contributed by atoms with van der Waals surface area (Å²) in [6.07, 6.45) is 5.05. The molecule has 12 nitrogen and oxygen atoms in total. The predicted molar refractivity (Wildman–Crippen MR) is 220 cm³/mol. The number of carbonyl (C=O) groups excluding carboxylic acids is 2. The van der Waals surface area contributed by atoms with Crippen molar-refractivity contribution in [1.29, 1.82) is 0 Å². The molecule has 300 valence electrons. The van der Waals surface area contributed by atoms with Crippen LogP contribution >= 0.6 is 0 Å². The number of amides is 1. The van der Waals surface area contributed by atoms with E-state index < -0.39 is 17.7 Å². The number of nitrogens with zero attached hydrogens (tertiary/aromatic N) is 6. The molecular weight excluding hydrogens is 707 g/mol. The molecule has 2 saturated heterocycles. The number of fused-ring (bicyclic) bond motifs is 4. The predicted octanol–water partition coefficient (Wildman–Crippen LogP) is 7.87. The third-order valence-electron chi connectivity index (χ3n) is 10.9. The third kappa shape index (κ3) is 8.65. The van der Waals surface area contributed by atoms with Crippen molar-refractivity contribution < 1.29 is 23.5 Å². The molecule has 1 unspecified atom stereocenters. The van der Waals surface area contributed by atoms with E-state index in [1.165, 1.54) is 0 Å². The molecule has 0 radical (unpaired) electrons. The van der Waals surface area contributed by atoms with Crippen LogP contribution in [0.3, 0.4) is 0 Å². The normalized spacial score (nSPS) is 20.7. The number of esters is 1. The van der Waals surface area contributed by atoms with Gasteiger partial charge in [0, 0.05) is 43.8 Å². The molecule has 0 saturated carbocycles. The first-order valence-corrected chi connectivity index (χ1v) is 20.4. The van der Waals surface area contributed by atoms with Crippen LogP contribution in [-0.4, -0.2) is 87.3 Å². The number of furan rings is 1. The Morgan fingerprint density at radius 2 is 1.71 bits per heavy atom. The largest absolute Gasteiger partial charge is 0.459 e. The van der Waals surface area contributed by atoms with Crippen LogP contribution in [0.5, 0.6) is 6.01 Å². The Bertz CT molecular complexity index is 2180. The maximum atomic E-state index is 14.1. The van der Waals surface area contributed by atoms with Gasteiger partial charge >= 0.3 is 5.97 Å². The molecule has 2 aromatic carbocycles. The van der Waals surface area contributed by atoms with Crippen LogP contribution in [-0.2, 0) is 20.7 Å².